The van der Waals surface area contributed by atoms with Crippen molar-refractivity contribution >= 4 is 17.0 Å². The van der Waals surface area contributed by atoms with Gasteiger partial charge in [0.25, 0.3) is 0 Å². The molecule has 1 aromatic carbocycles. The second-order valence-electron chi connectivity index (χ2n) is 7.32. The number of benzene rings is 1. The molecular formula is C21H22FN3O4. The van der Waals surface area contributed by atoms with E-state index in [0.717, 1.165) is 5.75 Å². The number of aromatic nitrogens is 2. The lowest BCUT2D eigenvalue weighted by Gasteiger charge is -2.13. The molecule has 8 heteroatoms. The van der Waals surface area contributed by atoms with Gasteiger partial charge in [0.2, 0.25) is 11.8 Å². The molecule has 0 bridgehead atoms. The number of rotatable bonds is 8. The zero-order valence-electron chi connectivity index (χ0n) is 16.3. The maximum atomic E-state index is 14.6. The van der Waals surface area contributed by atoms with E-state index in [1.54, 1.807) is 19.1 Å². The molecule has 0 unspecified atom stereocenters. The van der Waals surface area contributed by atoms with Crippen molar-refractivity contribution in [3.8, 4) is 23.1 Å². The highest BCUT2D eigenvalue weighted by Crippen LogP contribution is 2.31. The average molecular weight is 399 g/mol. The Morgan fingerprint density at radius 3 is 2.86 bits per heavy atom. The molecule has 1 amide bonds. The second-order valence-corrected chi connectivity index (χ2v) is 7.32. The van der Waals surface area contributed by atoms with Gasteiger partial charge in [-0.05, 0) is 37.8 Å². The highest BCUT2D eigenvalue weighted by molar-refractivity contribution is 5.77. The predicted octanol–water partition coefficient (Wildman–Crippen LogP) is 3.72. The summed E-state index contributed by atoms with van der Waals surface area (Å²) in [4.78, 5) is 19.5. The first-order valence-electron chi connectivity index (χ1n) is 9.57. The molecule has 152 valence electrons. The topological polar surface area (TPSA) is 86.5 Å². The Morgan fingerprint density at radius 1 is 1.31 bits per heavy atom. The number of fused-ring (bicyclic) bond motifs is 1. The van der Waals surface area contributed by atoms with Gasteiger partial charge in [0.15, 0.2) is 17.1 Å². The number of oxazole rings is 1. The van der Waals surface area contributed by atoms with Gasteiger partial charge in [-0.2, -0.15) is 0 Å². The summed E-state index contributed by atoms with van der Waals surface area (Å²) in [6, 6.07) is 6.37. The summed E-state index contributed by atoms with van der Waals surface area (Å²) in [6.07, 6.45) is 3.83. The summed E-state index contributed by atoms with van der Waals surface area (Å²) in [5.41, 5.74) is 1.12. The van der Waals surface area contributed by atoms with Gasteiger partial charge in [0.05, 0.1) is 18.8 Å². The van der Waals surface area contributed by atoms with Crippen LogP contribution in [0.25, 0.3) is 22.7 Å². The maximum Gasteiger partial charge on any atom is 0.249 e. The third-order valence-corrected chi connectivity index (χ3v) is 4.51. The van der Waals surface area contributed by atoms with Crippen LogP contribution in [-0.2, 0) is 4.79 Å². The third kappa shape index (κ3) is 4.82. The van der Waals surface area contributed by atoms with Crippen molar-refractivity contribution in [2.24, 2.45) is 5.92 Å². The third-order valence-electron chi connectivity index (χ3n) is 4.51. The Hall–Kier alpha value is -3.16. The Kier molecular flexibility index (Phi) is 5.33. The van der Waals surface area contributed by atoms with E-state index in [9.17, 15) is 9.18 Å². The molecular weight excluding hydrogens is 377 g/mol. The Labute approximate surface area is 167 Å². The first kappa shape index (κ1) is 19.2. The highest BCUT2D eigenvalue weighted by atomic mass is 19.1. The molecule has 4 rings (SSSR count). The van der Waals surface area contributed by atoms with Crippen molar-refractivity contribution in [3.05, 3.63) is 36.3 Å². The quantitative estimate of drug-likeness (QED) is 0.621. The van der Waals surface area contributed by atoms with Crippen molar-refractivity contribution in [3.63, 3.8) is 0 Å². The zero-order valence-corrected chi connectivity index (χ0v) is 16.3. The van der Waals surface area contributed by atoms with E-state index in [0.29, 0.717) is 23.6 Å². The zero-order chi connectivity index (χ0) is 20.4. The van der Waals surface area contributed by atoms with Crippen LogP contribution >= 0.6 is 0 Å². The van der Waals surface area contributed by atoms with Crippen LogP contribution in [0.3, 0.4) is 0 Å². The van der Waals surface area contributed by atoms with Gasteiger partial charge in [0, 0.05) is 19.1 Å². The van der Waals surface area contributed by atoms with Crippen molar-refractivity contribution in [2.45, 2.75) is 32.7 Å². The van der Waals surface area contributed by atoms with Gasteiger partial charge in [0.1, 0.15) is 23.6 Å². The molecule has 1 N–H and O–H groups in total. The molecule has 0 saturated heterocycles. The number of ether oxygens (including phenoxy) is 2. The minimum Gasteiger partial charge on any atom is -0.493 e. The normalized spacial score (nSPS) is 14.6. The average Bonchev–Trinajstić information content (AvgIpc) is 3.41. The summed E-state index contributed by atoms with van der Waals surface area (Å²) < 4.78 is 31.4. The van der Waals surface area contributed by atoms with Crippen LogP contribution < -0.4 is 14.8 Å². The fourth-order valence-electron chi connectivity index (χ4n) is 2.86. The lowest BCUT2D eigenvalue weighted by Crippen LogP contribution is -2.35. The van der Waals surface area contributed by atoms with Crippen LogP contribution in [0.5, 0.6) is 11.5 Å². The predicted molar refractivity (Wildman–Crippen MR) is 104 cm³/mol. The Morgan fingerprint density at radius 2 is 2.14 bits per heavy atom. The smallest absolute Gasteiger partial charge is 0.249 e. The molecule has 0 spiro atoms. The summed E-state index contributed by atoms with van der Waals surface area (Å²) in [6.45, 7) is 4.12. The van der Waals surface area contributed by atoms with Crippen LogP contribution in [0.15, 0.2) is 34.9 Å². The molecule has 1 atom stereocenters. The number of hydrogen-bond acceptors (Lipinski definition) is 6. The molecule has 7 nitrogen and oxygen atoms in total. The minimum atomic E-state index is -0.605. The summed E-state index contributed by atoms with van der Waals surface area (Å²) in [5, 5.41) is 2.69. The van der Waals surface area contributed by atoms with Crippen molar-refractivity contribution in [2.75, 3.05) is 13.2 Å². The van der Waals surface area contributed by atoms with Crippen LogP contribution in [0.1, 0.15) is 26.7 Å². The first-order valence-corrected chi connectivity index (χ1v) is 9.57. The number of pyridine rings is 1. The largest absolute Gasteiger partial charge is 0.493 e. The standard InChI is InChI=1S/C21H22FN3O4/c1-12(24-13(2)26)10-27-16-7-17(22)20(23-9-16)21-25-18-8-15(5-6-19(18)29-21)28-11-14-3-4-14/h5-9,12,14H,3-4,10-11H2,1-2H3,(H,24,26)/t12-/m0/s1. The van der Waals surface area contributed by atoms with E-state index in [4.69, 9.17) is 13.9 Å². The maximum absolute atomic E-state index is 14.6. The van der Waals surface area contributed by atoms with Gasteiger partial charge in [-0.15, -0.1) is 0 Å². The summed E-state index contributed by atoms with van der Waals surface area (Å²) in [7, 11) is 0. The first-order chi connectivity index (χ1) is 14.0. The van der Waals surface area contributed by atoms with Crippen molar-refractivity contribution in [1.82, 2.24) is 15.3 Å². The molecule has 0 aliphatic heterocycles. The van der Waals surface area contributed by atoms with E-state index in [2.05, 4.69) is 15.3 Å². The minimum absolute atomic E-state index is 0.00362. The van der Waals surface area contributed by atoms with E-state index in [1.165, 1.54) is 32.0 Å². The number of amides is 1. The highest BCUT2D eigenvalue weighted by Gasteiger charge is 2.22. The molecule has 3 aromatic rings. The number of halogens is 1. The number of carbonyl (C=O) groups excluding carboxylic acids is 1. The van der Waals surface area contributed by atoms with Crippen LogP contribution in [-0.4, -0.2) is 35.1 Å². The molecule has 2 heterocycles. The van der Waals surface area contributed by atoms with Crippen molar-refractivity contribution < 1.29 is 23.1 Å². The Balaban J connectivity index is 1.47. The van der Waals surface area contributed by atoms with E-state index in [-0.39, 0.29) is 35.9 Å². The van der Waals surface area contributed by atoms with Gasteiger partial charge in [-0.1, -0.05) is 0 Å². The van der Waals surface area contributed by atoms with Gasteiger partial charge < -0.3 is 19.2 Å². The SMILES string of the molecule is CC(=O)N[C@@H](C)COc1cnc(-c2nc3cc(OCC4CC4)ccc3o2)c(F)c1. The summed E-state index contributed by atoms with van der Waals surface area (Å²) >= 11 is 0. The molecule has 1 fully saturated rings. The van der Waals surface area contributed by atoms with Crippen LogP contribution in [0.4, 0.5) is 4.39 Å². The molecule has 0 radical (unpaired) electrons. The summed E-state index contributed by atoms with van der Waals surface area (Å²) in [5.74, 6) is 0.961. The van der Waals surface area contributed by atoms with Gasteiger partial charge in [-0.3, -0.25) is 4.79 Å². The van der Waals surface area contributed by atoms with Crippen molar-refractivity contribution in [1.29, 1.82) is 0 Å². The van der Waals surface area contributed by atoms with Gasteiger partial charge >= 0.3 is 0 Å². The van der Waals surface area contributed by atoms with Crippen LogP contribution in [0, 0.1) is 11.7 Å². The lowest BCUT2D eigenvalue weighted by molar-refractivity contribution is -0.119. The number of carbonyl (C=O) groups is 1. The van der Waals surface area contributed by atoms with E-state index >= 15 is 0 Å². The number of hydrogen-bond donors (Lipinski definition) is 1. The molecule has 1 aliphatic rings. The van der Waals surface area contributed by atoms with Crippen LogP contribution in [0.2, 0.25) is 0 Å². The molecule has 2 aromatic heterocycles. The molecule has 29 heavy (non-hydrogen) atoms. The number of nitrogens with one attached hydrogen (secondary N) is 1. The monoisotopic (exact) mass is 399 g/mol. The Bertz CT molecular complexity index is 1030. The number of nitrogens with zero attached hydrogens (tertiary/aromatic N) is 2. The van der Waals surface area contributed by atoms with E-state index < -0.39 is 5.82 Å². The second kappa shape index (κ2) is 8.06. The fourth-order valence-corrected chi connectivity index (χ4v) is 2.86. The van der Waals surface area contributed by atoms with E-state index in [1.807, 2.05) is 6.07 Å². The molecule has 1 aliphatic carbocycles. The fraction of sp³-hybridized carbons (Fsp3) is 0.381. The molecule has 1 saturated carbocycles. The lowest BCUT2D eigenvalue weighted by atomic mass is 10.3. The van der Waals surface area contributed by atoms with Gasteiger partial charge in [-0.25, -0.2) is 14.4 Å².